The van der Waals surface area contributed by atoms with Crippen LogP contribution in [-0.2, 0) is 4.74 Å². The van der Waals surface area contributed by atoms with Crippen LogP contribution >= 0.6 is 0 Å². The van der Waals surface area contributed by atoms with E-state index >= 15 is 0 Å². The molecule has 2 aliphatic rings. The van der Waals surface area contributed by atoms with Gasteiger partial charge in [0.25, 0.3) is 0 Å². The first kappa shape index (κ1) is 9.47. The molecule has 0 aromatic heterocycles. The molecule has 1 saturated heterocycles. The maximum atomic E-state index is 9.84. The van der Waals surface area contributed by atoms with E-state index in [1.165, 1.54) is 32.1 Å². The summed E-state index contributed by atoms with van der Waals surface area (Å²) in [7, 11) is 0. The normalized spacial score (nSPS) is 32.5. The van der Waals surface area contributed by atoms with E-state index in [2.05, 4.69) is 0 Å². The molecule has 1 N–H and O–H groups in total. The van der Waals surface area contributed by atoms with Gasteiger partial charge in [-0.25, -0.2) is 0 Å². The minimum Gasteiger partial charge on any atom is -0.393 e. The second-order valence-corrected chi connectivity index (χ2v) is 4.48. The summed E-state index contributed by atoms with van der Waals surface area (Å²) < 4.78 is 5.61. The molecule has 2 heteroatoms. The van der Waals surface area contributed by atoms with Gasteiger partial charge in [-0.1, -0.05) is 6.42 Å². The van der Waals surface area contributed by atoms with Gasteiger partial charge in [0, 0.05) is 6.61 Å². The van der Waals surface area contributed by atoms with E-state index in [0.29, 0.717) is 12.0 Å². The van der Waals surface area contributed by atoms with Crippen molar-refractivity contribution in [2.45, 2.75) is 57.2 Å². The molecule has 0 bridgehead atoms. The van der Waals surface area contributed by atoms with Gasteiger partial charge in [0.2, 0.25) is 0 Å². The average molecular weight is 184 g/mol. The lowest BCUT2D eigenvalue weighted by Gasteiger charge is -2.33. The van der Waals surface area contributed by atoms with Crippen LogP contribution in [0, 0.1) is 5.92 Å². The van der Waals surface area contributed by atoms with E-state index in [0.717, 1.165) is 19.4 Å². The lowest BCUT2D eigenvalue weighted by molar-refractivity contribution is -0.0376. The van der Waals surface area contributed by atoms with Crippen molar-refractivity contribution in [3.8, 4) is 0 Å². The summed E-state index contributed by atoms with van der Waals surface area (Å²) in [5.41, 5.74) is 0. The highest BCUT2D eigenvalue weighted by molar-refractivity contribution is 4.80. The van der Waals surface area contributed by atoms with Crippen molar-refractivity contribution >= 4 is 0 Å². The summed E-state index contributed by atoms with van der Waals surface area (Å²) in [6.07, 6.45) is 8.56. The molecule has 0 spiro atoms. The van der Waals surface area contributed by atoms with Crippen LogP contribution in [0.25, 0.3) is 0 Å². The predicted octanol–water partition coefficient (Wildman–Crippen LogP) is 2.11. The quantitative estimate of drug-likeness (QED) is 0.728. The second-order valence-electron chi connectivity index (χ2n) is 4.48. The Morgan fingerprint density at radius 3 is 2.54 bits per heavy atom. The highest BCUT2D eigenvalue weighted by Gasteiger charge is 2.28. The van der Waals surface area contributed by atoms with Crippen molar-refractivity contribution < 1.29 is 9.84 Å². The number of rotatable bonds is 3. The number of hydrogen-bond donors (Lipinski definition) is 1. The van der Waals surface area contributed by atoms with Crippen LogP contribution in [0.15, 0.2) is 0 Å². The Balaban J connectivity index is 1.69. The standard InChI is InChI=1S/C11H20O2/c12-11(9-4-3-5-9)8-10-6-1-2-7-13-10/h9-12H,1-8H2. The molecule has 1 aliphatic heterocycles. The molecular weight excluding hydrogens is 164 g/mol. The lowest BCUT2D eigenvalue weighted by Crippen LogP contribution is -2.32. The fraction of sp³-hybridized carbons (Fsp3) is 1.00. The van der Waals surface area contributed by atoms with Gasteiger partial charge in [-0.05, 0) is 44.4 Å². The first-order chi connectivity index (χ1) is 6.36. The Labute approximate surface area is 80.3 Å². The summed E-state index contributed by atoms with van der Waals surface area (Å²) in [5.74, 6) is 0.588. The van der Waals surface area contributed by atoms with Gasteiger partial charge in [-0.3, -0.25) is 0 Å². The van der Waals surface area contributed by atoms with Crippen LogP contribution in [-0.4, -0.2) is 23.9 Å². The summed E-state index contributed by atoms with van der Waals surface area (Å²) >= 11 is 0. The summed E-state index contributed by atoms with van der Waals surface area (Å²) in [4.78, 5) is 0. The molecule has 2 rings (SSSR count). The van der Waals surface area contributed by atoms with E-state index in [9.17, 15) is 5.11 Å². The van der Waals surface area contributed by atoms with Crippen molar-refractivity contribution in [2.24, 2.45) is 5.92 Å². The van der Waals surface area contributed by atoms with Gasteiger partial charge in [0.1, 0.15) is 0 Å². The Kier molecular flexibility index (Phi) is 3.23. The van der Waals surface area contributed by atoms with Gasteiger partial charge in [-0.2, -0.15) is 0 Å². The van der Waals surface area contributed by atoms with Crippen LogP contribution in [0.5, 0.6) is 0 Å². The monoisotopic (exact) mass is 184 g/mol. The third-order valence-corrected chi connectivity index (χ3v) is 3.47. The zero-order chi connectivity index (χ0) is 9.10. The van der Waals surface area contributed by atoms with Crippen molar-refractivity contribution in [2.75, 3.05) is 6.61 Å². The molecule has 76 valence electrons. The maximum absolute atomic E-state index is 9.84. The van der Waals surface area contributed by atoms with Crippen LogP contribution in [0.2, 0.25) is 0 Å². The molecule has 0 radical (unpaired) electrons. The molecule has 0 amide bonds. The third kappa shape index (κ3) is 2.44. The lowest BCUT2D eigenvalue weighted by atomic mass is 9.79. The van der Waals surface area contributed by atoms with Crippen molar-refractivity contribution in [3.05, 3.63) is 0 Å². The largest absolute Gasteiger partial charge is 0.393 e. The van der Waals surface area contributed by atoms with Gasteiger partial charge < -0.3 is 9.84 Å². The Bertz CT molecular complexity index is 148. The van der Waals surface area contributed by atoms with Crippen LogP contribution in [0.4, 0.5) is 0 Å². The molecule has 1 heterocycles. The third-order valence-electron chi connectivity index (χ3n) is 3.47. The number of aliphatic hydroxyl groups is 1. The van der Waals surface area contributed by atoms with Crippen LogP contribution < -0.4 is 0 Å². The molecule has 2 atom stereocenters. The van der Waals surface area contributed by atoms with Gasteiger partial charge in [0.15, 0.2) is 0 Å². The predicted molar refractivity (Wildman–Crippen MR) is 51.6 cm³/mol. The highest BCUT2D eigenvalue weighted by atomic mass is 16.5. The fourth-order valence-corrected chi connectivity index (χ4v) is 2.28. The zero-order valence-corrected chi connectivity index (χ0v) is 8.24. The number of hydrogen-bond acceptors (Lipinski definition) is 2. The van der Waals surface area contributed by atoms with Gasteiger partial charge in [-0.15, -0.1) is 0 Å². The molecular formula is C11H20O2. The van der Waals surface area contributed by atoms with Crippen LogP contribution in [0.1, 0.15) is 44.9 Å². The minimum atomic E-state index is -0.0863. The Morgan fingerprint density at radius 1 is 1.15 bits per heavy atom. The van der Waals surface area contributed by atoms with Crippen LogP contribution in [0.3, 0.4) is 0 Å². The van der Waals surface area contributed by atoms with Gasteiger partial charge >= 0.3 is 0 Å². The molecule has 2 nitrogen and oxygen atoms in total. The van der Waals surface area contributed by atoms with E-state index in [1.807, 2.05) is 0 Å². The molecule has 0 aromatic rings. The first-order valence-electron chi connectivity index (χ1n) is 5.66. The van der Waals surface area contributed by atoms with E-state index in [1.54, 1.807) is 0 Å². The number of aliphatic hydroxyl groups excluding tert-OH is 1. The molecule has 2 fully saturated rings. The maximum Gasteiger partial charge on any atom is 0.0599 e. The Hall–Kier alpha value is -0.0800. The van der Waals surface area contributed by atoms with E-state index in [4.69, 9.17) is 4.74 Å². The summed E-state index contributed by atoms with van der Waals surface area (Å²) in [6.45, 7) is 0.905. The second kappa shape index (κ2) is 4.43. The van der Waals surface area contributed by atoms with Crippen molar-refractivity contribution in [1.82, 2.24) is 0 Å². The first-order valence-corrected chi connectivity index (χ1v) is 5.66. The van der Waals surface area contributed by atoms with Gasteiger partial charge in [0.05, 0.1) is 12.2 Å². The van der Waals surface area contributed by atoms with E-state index < -0.39 is 0 Å². The zero-order valence-electron chi connectivity index (χ0n) is 8.24. The highest BCUT2D eigenvalue weighted by Crippen LogP contribution is 2.32. The number of ether oxygens (including phenoxy) is 1. The molecule has 1 saturated carbocycles. The van der Waals surface area contributed by atoms with E-state index in [-0.39, 0.29) is 6.10 Å². The minimum absolute atomic E-state index is 0.0863. The summed E-state index contributed by atoms with van der Waals surface area (Å²) in [6, 6.07) is 0. The molecule has 2 unspecified atom stereocenters. The summed E-state index contributed by atoms with van der Waals surface area (Å²) in [5, 5.41) is 9.84. The smallest absolute Gasteiger partial charge is 0.0599 e. The Morgan fingerprint density at radius 2 is 2.00 bits per heavy atom. The average Bonchev–Trinajstić information content (AvgIpc) is 2.02. The van der Waals surface area contributed by atoms with Crippen molar-refractivity contribution in [3.63, 3.8) is 0 Å². The fourth-order valence-electron chi connectivity index (χ4n) is 2.28. The molecule has 13 heavy (non-hydrogen) atoms. The SMILES string of the molecule is OC(CC1CCCCO1)C1CCC1. The van der Waals surface area contributed by atoms with Crippen molar-refractivity contribution in [1.29, 1.82) is 0 Å². The molecule has 0 aromatic carbocycles. The topological polar surface area (TPSA) is 29.5 Å². The molecule has 1 aliphatic carbocycles.